The number of hydrogen-bond donors (Lipinski definition) is 0. The summed E-state index contributed by atoms with van der Waals surface area (Å²) < 4.78 is 39.5. The minimum Gasteiger partial charge on any atom is -0.207 e. The predicted octanol–water partition coefficient (Wildman–Crippen LogP) is 6.23. The highest BCUT2D eigenvalue weighted by Gasteiger charge is 2.28. The molecule has 0 aliphatic carbocycles. The Morgan fingerprint density at radius 1 is 0.458 bits per heavy atom. The molecule has 0 aliphatic heterocycles. The van der Waals surface area contributed by atoms with Crippen LogP contribution < -0.4 is 0 Å². The molecular formula is C20H18F3S+. The Morgan fingerprint density at radius 3 is 0.875 bits per heavy atom. The van der Waals surface area contributed by atoms with Crippen LogP contribution in [0.1, 0.15) is 13.8 Å². The van der Waals surface area contributed by atoms with E-state index in [2.05, 4.69) is 0 Å². The molecule has 0 N–H and O–H groups in total. The van der Waals surface area contributed by atoms with Gasteiger partial charge >= 0.3 is 0 Å². The van der Waals surface area contributed by atoms with Crippen LogP contribution >= 0.6 is 0 Å². The SMILES string of the molecule is CC.Fc1ccc([S+](c2ccc(F)cc2)c2ccc(F)cc2)cc1. The van der Waals surface area contributed by atoms with Crippen molar-refractivity contribution in [1.82, 2.24) is 0 Å². The van der Waals surface area contributed by atoms with Gasteiger partial charge in [0.25, 0.3) is 0 Å². The Hall–Kier alpha value is -2.20. The highest BCUT2D eigenvalue weighted by Crippen LogP contribution is 2.31. The zero-order chi connectivity index (χ0) is 17.5. The van der Waals surface area contributed by atoms with Crippen LogP contribution in [0, 0.1) is 17.5 Å². The van der Waals surface area contributed by atoms with Gasteiger partial charge in [-0.3, -0.25) is 0 Å². The van der Waals surface area contributed by atoms with Crippen LogP contribution in [-0.4, -0.2) is 0 Å². The minimum absolute atomic E-state index is 0.314. The first-order valence-electron chi connectivity index (χ1n) is 7.64. The maximum absolute atomic E-state index is 13.2. The van der Waals surface area contributed by atoms with Gasteiger partial charge < -0.3 is 0 Å². The molecule has 0 radical (unpaired) electrons. The van der Waals surface area contributed by atoms with Gasteiger partial charge in [0.15, 0.2) is 14.7 Å². The van der Waals surface area contributed by atoms with Gasteiger partial charge in [0.05, 0.1) is 10.9 Å². The number of benzene rings is 3. The Balaban J connectivity index is 0.00000100. The normalized spacial score (nSPS) is 10.2. The second-order valence-corrected chi connectivity index (χ2v) is 6.69. The maximum Gasteiger partial charge on any atom is 0.166 e. The molecule has 124 valence electrons. The molecule has 3 aromatic rings. The second kappa shape index (κ2) is 8.60. The molecule has 3 rings (SSSR count). The summed E-state index contributed by atoms with van der Waals surface area (Å²) in [6, 6.07) is 18.5. The summed E-state index contributed by atoms with van der Waals surface area (Å²) in [6.07, 6.45) is 0. The molecule has 0 bridgehead atoms. The fourth-order valence-corrected chi connectivity index (χ4v) is 4.16. The van der Waals surface area contributed by atoms with Gasteiger partial charge in [-0.25, -0.2) is 13.2 Å². The van der Waals surface area contributed by atoms with Gasteiger partial charge in [0.1, 0.15) is 17.5 Å². The van der Waals surface area contributed by atoms with Crippen molar-refractivity contribution < 1.29 is 13.2 Å². The molecule has 3 aromatic carbocycles. The van der Waals surface area contributed by atoms with E-state index in [9.17, 15) is 13.2 Å². The zero-order valence-electron chi connectivity index (χ0n) is 13.5. The lowest BCUT2D eigenvalue weighted by Gasteiger charge is -2.08. The van der Waals surface area contributed by atoms with E-state index in [0.717, 1.165) is 14.7 Å². The van der Waals surface area contributed by atoms with Crippen molar-refractivity contribution in [1.29, 1.82) is 0 Å². The van der Waals surface area contributed by atoms with E-state index in [0.29, 0.717) is 0 Å². The maximum atomic E-state index is 13.2. The molecule has 4 heteroatoms. The second-order valence-electron chi connectivity index (χ2n) is 4.67. The average Bonchev–Trinajstić information content (AvgIpc) is 2.62. The molecule has 0 aromatic heterocycles. The van der Waals surface area contributed by atoms with Gasteiger partial charge in [0, 0.05) is 0 Å². The summed E-state index contributed by atoms with van der Waals surface area (Å²) in [6.45, 7) is 4.00. The number of rotatable bonds is 3. The third-order valence-corrected chi connectivity index (χ3v) is 5.38. The Bertz CT molecular complexity index is 642. The van der Waals surface area contributed by atoms with Crippen molar-refractivity contribution >= 4 is 10.9 Å². The van der Waals surface area contributed by atoms with Crippen molar-refractivity contribution in [3.05, 3.63) is 90.2 Å². The first-order valence-corrected chi connectivity index (χ1v) is 8.87. The summed E-state index contributed by atoms with van der Waals surface area (Å²) in [4.78, 5) is 2.67. The molecular weight excluding hydrogens is 329 g/mol. The molecule has 24 heavy (non-hydrogen) atoms. The molecule has 0 aliphatic rings. The Labute approximate surface area is 143 Å². The van der Waals surface area contributed by atoms with E-state index < -0.39 is 10.9 Å². The Morgan fingerprint density at radius 2 is 0.667 bits per heavy atom. The van der Waals surface area contributed by atoms with Gasteiger partial charge in [-0.05, 0) is 72.8 Å². The fraction of sp³-hybridized carbons (Fsp3) is 0.100. The monoisotopic (exact) mass is 347 g/mol. The fourth-order valence-electron chi connectivity index (χ4n) is 2.12. The lowest BCUT2D eigenvalue weighted by Crippen LogP contribution is -2.05. The predicted molar refractivity (Wildman–Crippen MR) is 92.7 cm³/mol. The highest BCUT2D eigenvalue weighted by molar-refractivity contribution is 7.97. The van der Waals surface area contributed by atoms with Crippen molar-refractivity contribution in [3.8, 4) is 0 Å². The number of hydrogen-bond acceptors (Lipinski definition) is 0. The zero-order valence-corrected chi connectivity index (χ0v) is 14.3. The smallest absolute Gasteiger partial charge is 0.166 e. The van der Waals surface area contributed by atoms with Crippen LogP contribution in [-0.2, 0) is 10.9 Å². The first kappa shape index (κ1) is 18.1. The molecule has 0 spiro atoms. The minimum atomic E-state index is -0.539. The van der Waals surface area contributed by atoms with Crippen molar-refractivity contribution in [3.63, 3.8) is 0 Å². The van der Waals surface area contributed by atoms with Crippen LogP contribution in [0.15, 0.2) is 87.5 Å². The molecule has 0 saturated carbocycles. The van der Waals surface area contributed by atoms with Gasteiger partial charge in [-0.1, -0.05) is 13.8 Å². The third-order valence-electron chi connectivity index (χ3n) is 3.15. The third kappa shape index (κ3) is 4.42. The Kier molecular flexibility index (Phi) is 6.50. The van der Waals surface area contributed by atoms with E-state index in [4.69, 9.17) is 0 Å². The van der Waals surface area contributed by atoms with Gasteiger partial charge in [-0.2, -0.15) is 0 Å². The first-order chi connectivity index (χ1) is 11.6. The van der Waals surface area contributed by atoms with Crippen molar-refractivity contribution in [2.45, 2.75) is 28.5 Å². The van der Waals surface area contributed by atoms with Crippen LogP contribution in [0.3, 0.4) is 0 Å². The molecule has 0 nitrogen and oxygen atoms in total. The van der Waals surface area contributed by atoms with Crippen LogP contribution in [0.25, 0.3) is 0 Å². The lowest BCUT2D eigenvalue weighted by atomic mass is 10.3. The van der Waals surface area contributed by atoms with Gasteiger partial charge in [0.2, 0.25) is 0 Å². The highest BCUT2D eigenvalue weighted by atomic mass is 32.2. The van der Waals surface area contributed by atoms with Gasteiger partial charge in [-0.15, -0.1) is 0 Å². The quantitative estimate of drug-likeness (QED) is 0.493. The topological polar surface area (TPSA) is 0 Å². The molecule has 0 saturated heterocycles. The van der Waals surface area contributed by atoms with Crippen molar-refractivity contribution in [2.75, 3.05) is 0 Å². The summed E-state index contributed by atoms with van der Waals surface area (Å²) in [5.41, 5.74) is 0. The van der Waals surface area contributed by atoms with Crippen LogP contribution in [0.5, 0.6) is 0 Å². The molecule has 0 atom stereocenters. The average molecular weight is 347 g/mol. The lowest BCUT2D eigenvalue weighted by molar-refractivity contribution is 0.626. The van der Waals surface area contributed by atoms with E-state index >= 15 is 0 Å². The van der Waals surface area contributed by atoms with E-state index in [-0.39, 0.29) is 17.5 Å². The standard InChI is InChI=1S/C18H12F3S.C2H6/c19-13-1-7-16(8-2-13)22(17-9-3-14(20)4-10-17)18-11-5-15(21)6-12-18;1-2/h1-12H;1-2H3/q+1;. The van der Waals surface area contributed by atoms with E-state index in [1.165, 1.54) is 36.4 Å². The summed E-state index contributed by atoms with van der Waals surface area (Å²) >= 11 is 0. The molecule has 0 heterocycles. The molecule has 0 amide bonds. The summed E-state index contributed by atoms with van der Waals surface area (Å²) in [5.74, 6) is -0.943. The van der Waals surface area contributed by atoms with Crippen LogP contribution in [0.2, 0.25) is 0 Å². The van der Waals surface area contributed by atoms with Crippen LogP contribution in [0.4, 0.5) is 13.2 Å². The molecule has 0 unspecified atom stereocenters. The molecule has 0 fully saturated rings. The summed E-state index contributed by atoms with van der Waals surface area (Å²) in [7, 11) is -0.539. The van der Waals surface area contributed by atoms with Crippen molar-refractivity contribution in [2.24, 2.45) is 0 Å². The largest absolute Gasteiger partial charge is 0.207 e. The van der Waals surface area contributed by atoms with E-state index in [1.54, 1.807) is 36.4 Å². The van der Waals surface area contributed by atoms with E-state index in [1.807, 2.05) is 13.8 Å². The summed E-state index contributed by atoms with van der Waals surface area (Å²) in [5, 5.41) is 0. The number of halogens is 3.